The maximum Gasteiger partial charge on any atom is 0.245 e. The zero-order valence-corrected chi connectivity index (χ0v) is 12.9. The Hall–Kier alpha value is -0.210. The van der Waals surface area contributed by atoms with Gasteiger partial charge in [-0.25, -0.2) is 8.42 Å². The van der Waals surface area contributed by atoms with Gasteiger partial charge in [-0.2, -0.15) is 4.31 Å². The third kappa shape index (κ3) is 2.70. The third-order valence-electron chi connectivity index (χ3n) is 2.71. The molecule has 1 aliphatic rings. The van der Waals surface area contributed by atoms with E-state index in [-0.39, 0.29) is 17.5 Å². The Kier molecular flexibility index (Phi) is 4.28. The first-order chi connectivity index (χ1) is 8.50. The molecule has 7 heteroatoms. The quantitative estimate of drug-likeness (QED) is 0.800. The number of aliphatic hydroxyl groups excluding tert-OH is 1. The molecule has 1 aromatic rings. The van der Waals surface area contributed by atoms with Gasteiger partial charge in [-0.15, -0.1) is 17.9 Å². The lowest BCUT2D eigenvalue weighted by molar-refractivity contribution is 0.285. The van der Waals surface area contributed by atoms with Gasteiger partial charge in [-0.3, -0.25) is 0 Å². The minimum atomic E-state index is -3.51. The molecule has 0 saturated heterocycles. The Labute approximate surface area is 119 Å². The largest absolute Gasteiger partial charge is 0.391 e. The van der Waals surface area contributed by atoms with Crippen molar-refractivity contribution in [1.29, 1.82) is 0 Å². The highest BCUT2D eigenvalue weighted by Gasteiger charge is 2.38. The summed E-state index contributed by atoms with van der Waals surface area (Å²) in [6.45, 7) is 3.78. The summed E-state index contributed by atoms with van der Waals surface area (Å²) in [7, 11) is -3.51. The second kappa shape index (κ2) is 5.42. The number of halogens is 1. The Morgan fingerprint density at radius 3 is 2.72 bits per heavy atom. The molecule has 0 aliphatic heterocycles. The standard InChI is InChI=1S/C11H14BrNO3S2/c1-2-5-13(8-3-4-8)18(15,16)10-6-9(7-14)17-11(10)12/h2,6,8,14H,1,3-5,7H2. The van der Waals surface area contributed by atoms with Gasteiger partial charge in [0, 0.05) is 17.5 Å². The molecule has 0 aromatic carbocycles. The van der Waals surface area contributed by atoms with Crippen LogP contribution in [0.2, 0.25) is 0 Å². The fourth-order valence-electron chi connectivity index (χ4n) is 1.71. The zero-order valence-electron chi connectivity index (χ0n) is 9.67. The van der Waals surface area contributed by atoms with Gasteiger partial charge in [0.25, 0.3) is 0 Å². The number of hydrogen-bond acceptors (Lipinski definition) is 4. The minimum absolute atomic E-state index is 0.0948. The third-order valence-corrected chi connectivity index (χ3v) is 6.87. The molecule has 0 radical (unpaired) electrons. The minimum Gasteiger partial charge on any atom is -0.391 e. The van der Waals surface area contributed by atoms with Gasteiger partial charge in [-0.05, 0) is 34.8 Å². The van der Waals surface area contributed by atoms with Crippen molar-refractivity contribution in [2.75, 3.05) is 6.54 Å². The maximum atomic E-state index is 12.5. The molecule has 1 aromatic heterocycles. The van der Waals surface area contributed by atoms with Crippen molar-refractivity contribution in [2.24, 2.45) is 0 Å². The summed E-state index contributed by atoms with van der Waals surface area (Å²) >= 11 is 4.50. The molecule has 0 unspecified atom stereocenters. The molecule has 2 rings (SSSR count). The summed E-state index contributed by atoms with van der Waals surface area (Å²) in [6.07, 6.45) is 3.41. The summed E-state index contributed by atoms with van der Waals surface area (Å²) < 4.78 is 27.1. The average molecular weight is 352 g/mol. The van der Waals surface area contributed by atoms with Crippen LogP contribution in [0.4, 0.5) is 0 Å². The number of rotatable bonds is 6. The smallest absolute Gasteiger partial charge is 0.245 e. The first-order valence-corrected chi connectivity index (χ1v) is 8.57. The van der Waals surface area contributed by atoms with E-state index in [0.29, 0.717) is 15.2 Å². The molecule has 1 N–H and O–H groups in total. The van der Waals surface area contributed by atoms with Gasteiger partial charge in [-0.1, -0.05) is 6.08 Å². The van der Waals surface area contributed by atoms with Gasteiger partial charge in [0.1, 0.15) is 4.90 Å². The van der Waals surface area contributed by atoms with Crippen LogP contribution in [0, 0.1) is 0 Å². The van der Waals surface area contributed by atoms with Crippen molar-refractivity contribution < 1.29 is 13.5 Å². The van der Waals surface area contributed by atoms with Crippen LogP contribution in [-0.2, 0) is 16.6 Å². The molecule has 1 aliphatic carbocycles. The topological polar surface area (TPSA) is 57.6 Å². The fourth-order valence-corrected chi connectivity index (χ4v) is 5.86. The van der Waals surface area contributed by atoms with Gasteiger partial charge in [0.2, 0.25) is 10.0 Å². The van der Waals surface area contributed by atoms with Gasteiger partial charge < -0.3 is 5.11 Å². The van der Waals surface area contributed by atoms with Crippen LogP contribution >= 0.6 is 27.3 Å². The molecule has 18 heavy (non-hydrogen) atoms. The number of nitrogens with zero attached hydrogens (tertiary/aromatic N) is 1. The molecule has 0 atom stereocenters. The fraction of sp³-hybridized carbons (Fsp3) is 0.455. The highest BCUT2D eigenvalue weighted by Crippen LogP contribution is 2.37. The molecular weight excluding hydrogens is 338 g/mol. The van der Waals surface area contributed by atoms with Crippen molar-refractivity contribution >= 4 is 37.3 Å². The molecule has 0 amide bonds. The molecule has 1 saturated carbocycles. The van der Waals surface area contributed by atoms with Gasteiger partial charge in [0.15, 0.2) is 0 Å². The number of thiophene rings is 1. The summed E-state index contributed by atoms with van der Waals surface area (Å²) in [6, 6.07) is 1.63. The van der Waals surface area contributed by atoms with E-state index in [4.69, 9.17) is 5.11 Å². The van der Waals surface area contributed by atoms with Crippen LogP contribution < -0.4 is 0 Å². The highest BCUT2D eigenvalue weighted by molar-refractivity contribution is 9.11. The van der Waals surface area contributed by atoms with Crippen molar-refractivity contribution in [3.05, 3.63) is 27.4 Å². The molecule has 100 valence electrons. The van der Waals surface area contributed by atoms with E-state index >= 15 is 0 Å². The van der Waals surface area contributed by atoms with Crippen LogP contribution in [0.5, 0.6) is 0 Å². The molecular formula is C11H14BrNO3S2. The van der Waals surface area contributed by atoms with Crippen molar-refractivity contribution in [2.45, 2.75) is 30.4 Å². The second-order valence-electron chi connectivity index (χ2n) is 4.10. The molecule has 1 fully saturated rings. The van der Waals surface area contributed by atoms with Crippen LogP contribution in [0.25, 0.3) is 0 Å². The first kappa shape index (κ1) is 14.2. The maximum absolute atomic E-state index is 12.5. The normalized spacial score (nSPS) is 16.2. The summed E-state index contributed by atoms with van der Waals surface area (Å²) in [5.41, 5.74) is 0. The van der Waals surface area contributed by atoms with E-state index in [1.165, 1.54) is 21.7 Å². The van der Waals surface area contributed by atoms with Crippen LogP contribution in [0.15, 0.2) is 27.4 Å². The predicted octanol–water partition coefficient (Wildman–Crippen LogP) is 2.34. The monoisotopic (exact) mass is 351 g/mol. The average Bonchev–Trinajstić information content (AvgIpc) is 3.08. The van der Waals surface area contributed by atoms with Gasteiger partial charge in [0.05, 0.1) is 10.4 Å². The van der Waals surface area contributed by atoms with E-state index in [0.717, 1.165) is 12.8 Å². The lowest BCUT2D eigenvalue weighted by atomic mass is 10.5. The van der Waals surface area contributed by atoms with E-state index in [1.54, 1.807) is 6.08 Å². The van der Waals surface area contributed by atoms with E-state index in [2.05, 4.69) is 22.5 Å². The Morgan fingerprint density at radius 2 is 2.28 bits per heavy atom. The highest BCUT2D eigenvalue weighted by atomic mass is 79.9. The first-order valence-electron chi connectivity index (χ1n) is 5.52. The number of aliphatic hydroxyl groups is 1. The molecule has 0 bridgehead atoms. The Balaban J connectivity index is 2.38. The van der Waals surface area contributed by atoms with Crippen molar-refractivity contribution in [3.63, 3.8) is 0 Å². The summed E-state index contributed by atoms with van der Waals surface area (Å²) in [5, 5.41) is 9.07. The van der Waals surface area contributed by atoms with Crippen molar-refractivity contribution in [1.82, 2.24) is 4.31 Å². The van der Waals surface area contributed by atoms with E-state index < -0.39 is 10.0 Å². The van der Waals surface area contributed by atoms with Crippen LogP contribution in [0.1, 0.15) is 17.7 Å². The molecule has 0 spiro atoms. The second-order valence-corrected chi connectivity index (χ2v) is 8.42. The number of sulfonamides is 1. The Morgan fingerprint density at radius 1 is 1.61 bits per heavy atom. The van der Waals surface area contributed by atoms with E-state index in [9.17, 15) is 8.42 Å². The van der Waals surface area contributed by atoms with Gasteiger partial charge >= 0.3 is 0 Å². The summed E-state index contributed by atoms with van der Waals surface area (Å²) in [5.74, 6) is 0. The molecule has 4 nitrogen and oxygen atoms in total. The van der Waals surface area contributed by atoms with Crippen molar-refractivity contribution in [3.8, 4) is 0 Å². The molecule has 1 heterocycles. The summed E-state index contributed by atoms with van der Waals surface area (Å²) in [4.78, 5) is 0.875. The number of hydrogen-bond donors (Lipinski definition) is 1. The zero-order chi connectivity index (χ0) is 13.3. The Bertz CT molecular complexity index is 549. The lowest BCUT2D eigenvalue weighted by Crippen LogP contribution is -2.33. The SMILES string of the molecule is C=CCN(C1CC1)S(=O)(=O)c1cc(CO)sc1Br. The predicted molar refractivity (Wildman–Crippen MR) is 75.1 cm³/mol. The van der Waals surface area contributed by atoms with Crippen LogP contribution in [0.3, 0.4) is 0 Å². The van der Waals surface area contributed by atoms with E-state index in [1.807, 2.05) is 0 Å². The lowest BCUT2D eigenvalue weighted by Gasteiger charge is -2.19. The van der Waals surface area contributed by atoms with Crippen LogP contribution in [-0.4, -0.2) is 30.4 Å².